The zero-order chi connectivity index (χ0) is 14.7. The number of thioether (sulfide) groups is 1. The van der Waals surface area contributed by atoms with Crippen molar-refractivity contribution < 1.29 is 4.79 Å². The second-order valence-electron chi connectivity index (χ2n) is 5.47. The average molecular weight is 303 g/mol. The Balaban J connectivity index is 1.65. The van der Waals surface area contributed by atoms with Crippen LogP contribution in [0.4, 0.5) is 0 Å². The van der Waals surface area contributed by atoms with Crippen LogP contribution in [0.15, 0.2) is 35.7 Å². The number of hydrogen-bond acceptors (Lipinski definition) is 3. The number of nitrogens with zero attached hydrogens (tertiary/aromatic N) is 3. The Morgan fingerprint density at radius 1 is 1.43 bits per heavy atom. The first-order valence-corrected chi connectivity index (χ1v) is 8.62. The van der Waals surface area contributed by atoms with E-state index in [4.69, 9.17) is 0 Å². The SMILES string of the molecule is CCC1CCCCN1C(=O)CSc1ncc2ccccn12. The highest BCUT2D eigenvalue weighted by molar-refractivity contribution is 7.99. The first-order valence-electron chi connectivity index (χ1n) is 7.64. The quantitative estimate of drug-likeness (QED) is 0.814. The molecule has 1 unspecified atom stereocenters. The van der Waals surface area contributed by atoms with Crippen LogP contribution in [-0.4, -0.2) is 38.5 Å². The molecule has 0 aliphatic carbocycles. The van der Waals surface area contributed by atoms with Gasteiger partial charge in [-0.1, -0.05) is 24.8 Å². The largest absolute Gasteiger partial charge is 0.339 e. The fourth-order valence-electron chi connectivity index (χ4n) is 2.99. The molecule has 1 aliphatic rings. The lowest BCUT2D eigenvalue weighted by Crippen LogP contribution is -2.44. The van der Waals surface area contributed by atoms with Gasteiger partial charge in [0.05, 0.1) is 17.5 Å². The summed E-state index contributed by atoms with van der Waals surface area (Å²) < 4.78 is 2.03. The van der Waals surface area contributed by atoms with E-state index in [1.807, 2.05) is 35.0 Å². The summed E-state index contributed by atoms with van der Waals surface area (Å²) in [6.07, 6.45) is 8.44. The average Bonchev–Trinajstić information content (AvgIpc) is 2.96. The molecule has 1 fully saturated rings. The molecule has 5 heteroatoms. The zero-order valence-electron chi connectivity index (χ0n) is 12.4. The number of imidazole rings is 1. The van der Waals surface area contributed by atoms with Gasteiger partial charge in [0, 0.05) is 18.8 Å². The Kier molecular flexibility index (Phi) is 4.48. The van der Waals surface area contributed by atoms with Gasteiger partial charge in [-0.3, -0.25) is 9.20 Å². The van der Waals surface area contributed by atoms with Gasteiger partial charge in [-0.2, -0.15) is 0 Å². The Hall–Kier alpha value is -1.49. The summed E-state index contributed by atoms with van der Waals surface area (Å²) in [5.41, 5.74) is 1.07. The minimum absolute atomic E-state index is 0.249. The highest BCUT2D eigenvalue weighted by Crippen LogP contribution is 2.23. The highest BCUT2D eigenvalue weighted by atomic mass is 32.2. The Labute approximate surface area is 129 Å². The molecule has 0 aromatic carbocycles. The number of fused-ring (bicyclic) bond motifs is 1. The molecule has 112 valence electrons. The van der Waals surface area contributed by atoms with Gasteiger partial charge in [0.1, 0.15) is 0 Å². The molecule has 1 aliphatic heterocycles. The molecule has 1 amide bonds. The van der Waals surface area contributed by atoms with Gasteiger partial charge in [0.15, 0.2) is 5.16 Å². The fraction of sp³-hybridized carbons (Fsp3) is 0.500. The second-order valence-corrected chi connectivity index (χ2v) is 6.41. The van der Waals surface area contributed by atoms with Crippen LogP contribution >= 0.6 is 11.8 Å². The predicted octanol–water partition coefficient (Wildman–Crippen LogP) is 3.22. The third-order valence-electron chi connectivity index (χ3n) is 4.15. The van der Waals surface area contributed by atoms with Crippen molar-refractivity contribution in [1.82, 2.24) is 14.3 Å². The Morgan fingerprint density at radius 2 is 2.33 bits per heavy atom. The number of carbonyl (C=O) groups is 1. The molecule has 3 rings (SSSR count). The van der Waals surface area contributed by atoms with E-state index in [0.29, 0.717) is 11.8 Å². The van der Waals surface area contributed by atoms with Crippen molar-refractivity contribution in [1.29, 1.82) is 0 Å². The monoisotopic (exact) mass is 303 g/mol. The molecule has 0 spiro atoms. The summed E-state index contributed by atoms with van der Waals surface area (Å²) in [6.45, 7) is 3.09. The number of rotatable bonds is 4. The third-order valence-corrected chi connectivity index (χ3v) is 5.10. The zero-order valence-corrected chi connectivity index (χ0v) is 13.2. The van der Waals surface area contributed by atoms with Gasteiger partial charge < -0.3 is 4.90 Å². The predicted molar refractivity (Wildman–Crippen MR) is 85.6 cm³/mol. The van der Waals surface area contributed by atoms with E-state index in [0.717, 1.165) is 36.5 Å². The number of hydrogen-bond donors (Lipinski definition) is 0. The summed E-state index contributed by atoms with van der Waals surface area (Å²) in [7, 11) is 0. The minimum atomic E-state index is 0.249. The molecule has 1 atom stereocenters. The number of pyridine rings is 1. The van der Waals surface area contributed by atoms with Crippen LogP contribution in [0.3, 0.4) is 0 Å². The lowest BCUT2D eigenvalue weighted by molar-refractivity contribution is -0.132. The van der Waals surface area contributed by atoms with Gasteiger partial charge in [0.25, 0.3) is 0 Å². The maximum atomic E-state index is 12.5. The number of aromatic nitrogens is 2. The second kappa shape index (κ2) is 6.52. The maximum Gasteiger partial charge on any atom is 0.233 e. The van der Waals surface area contributed by atoms with Crippen molar-refractivity contribution >= 4 is 23.2 Å². The summed E-state index contributed by atoms with van der Waals surface area (Å²) in [5, 5.41) is 0.893. The van der Waals surface area contributed by atoms with Crippen LogP contribution in [0.2, 0.25) is 0 Å². The van der Waals surface area contributed by atoms with Gasteiger partial charge >= 0.3 is 0 Å². The first kappa shape index (κ1) is 14.4. The lowest BCUT2D eigenvalue weighted by Gasteiger charge is -2.35. The molecule has 2 aromatic rings. The van der Waals surface area contributed by atoms with Crippen LogP contribution in [-0.2, 0) is 4.79 Å². The van der Waals surface area contributed by atoms with Gasteiger partial charge in [0.2, 0.25) is 5.91 Å². The molecule has 0 radical (unpaired) electrons. The van der Waals surface area contributed by atoms with Crippen LogP contribution in [0.25, 0.3) is 5.52 Å². The number of likely N-dealkylation sites (tertiary alicyclic amines) is 1. The molecule has 21 heavy (non-hydrogen) atoms. The van der Waals surface area contributed by atoms with E-state index < -0.39 is 0 Å². The van der Waals surface area contributed by atoms with Crippen LogP contribution < -0.4 is 0 Å². The van der Waals surface area contributed by atoms with Crippen molar-refractivity contribution in [2.45, 2.75) is 43.8 Å². The number of amides is 1. The summed E-state index contributed by atoms with van der Waals surface area (Å²) >= 11 is 1.53. The molecular formula is C16H21N3OS. The van der Waals surface area contributed by atoms with Crippen molar-refractivity contribution in [2.75, 3.05) is 12.3 Å². The first-order chi connectivity index (χ1) is 10.3. The van der Waals surface area contributed by atoms with Gasteiger partial charge in [-0.25, -0.2) is 4.98 Å². The van der Waals surface area contributed by atoms with Crippen molar-refractivity contribution in [2.24, 2.45) is 0 Å². The van der Waals surface area contributed by atoms with Gasteiger partial charge in [-0.15, -0.1) is 0 Å². The molecule has 4 nitrogen and oxygen atoms in total. The molecule has 1 saturated heterocycles. The Morgan fingerprint density at radius 3 is 3.19 bits per heavy atom. The van der Waals surface area contributed by atoms with Crippen LogP contribution in [0, 0.1) is 0 Å². The molecule has 0 bridgehead atoms. The van der Waals surface area contributed by atoms with Crippen LogP contribution in [0.1, 0.15) is 32.6 Å². The summed E-state index contributed by atoms with van der Waals surface area (Å²) in [4.78, 5) is 18.9. The lowest BCUT2D eigenvalue weighted by atomic mass is 10.0. The molecular weight excluding hydrogens is 282 g/mol. The van der Waals surface area contributed by atoms with Crippen molar-refractivity contribution in [3.8, 4) is 0 Å². The molecule has 2 aromatic heterocycles. The number of carbonyl (C=O) groups excluding carboxylic acids is 1. The van der Waals surface area contributed by atoms with Crippen molar-refractivity contribution in [3.05, 3.63) is 30.6 Å². The minimum Gasteiger partial charge on any atom is -0.339 e. The van der Waals surface area contributed by atoms with E-state index in [1.54, 1.807) is 0 Å². The topological polar surface area (TPSA) is 37.6 Å². The smallest absolute Gasteiger partial charge is 0.233 e. The summed E-state index contributed by atoms with van der Waals surface area (Å²) in [6, 6.07) is 6.44. The maximum absolute atomic E-state index is 12.5. The van der Waals surface area contributed by atoms with E-state index in [-0.39, 0.29) is 5.91 Å². The molecule has 0 saturated carbocycles. The number of piperidine rings is 1. The summed E-state index contributed by atoms with van der Waals surface area (Å²) in [5.74, 6) is 0.726. The van der Waals surface area contributed by atoms with Gasteiger partial charge in [-0.05, 0) is 37.8 Å². The van der Waals surface area contributed by atoms with E-state index in [1.165, 1.54) is 18.2 Å². The fourth-order valence-corrected chi connectivity index (χ4v) is 3.84. The molecule has 0 N–H and O–H groups in total. The molecule has 3 heterocycles. The third kappa shape index (κ3) is 3.07. The van der Waals surface area contributed by atoms with E-state index in [2.05, 4.69) is 16.8 Å². The van der Waals surface area contributed by atoms with Crippen molar-refractivity contribution in [3.63, 3.8) is 0 Å². The standard InChI is InChI=1S/C16H21N3OS/c1-2-13-7-3-5-9-18(13)15(20)12-21-16-17-11-14-8-4-6-10-19(14)16/h4,6,8,10-11,13H,2-3,5,7,9,12H2,1H3. The normalized spacial score (nSPS) is 19.1. The van der Waals surface area contributed by atoms with Crippen LogP contribution in [0.5, 0.6) is 0 Å². The Bertz CT molecular complexity index is 625. The highest BCUT2D eigenvalue weighted by Gasteiger charge is 2.25. The van der Waals surface area contributed by atoms with E-state index >= 15 is 0 Å². The van der Waals surface area contributed by atoms with E-state index in [9.17, 15) is 4.79 Å².